The summed E-state index contributed by atoms with van der Waals surface area (Å²) in [6.07, 6.45) is 1.22. The highest BCUT2D eigenvalue weighted by Gasteiger charge is 2.19. The first-order chi connectivity index (χ1) is 13.2. The van der Waals surface area contributed by atoms with Gasteiger partial charge in [0, 0.05) is 23.2 Å². The van der Waals surface area contributed by atoms with Crippen LogP contribution in [0, 0.1) is 6.92 Å². The molecule has 0 aliphatic heterocycles. The van der Waals surface area contributed by atoms with Gasteiger partial charge < -0.3 is 9.15 Å². The summed E-state index contributed by atoms with van der Waals surface area (Å²) in [6.45, 7) is 5.95. The second kappa shape index (κ2) is 8.11. The zero-order valence-electron chi connectivity index (χ0n) is 15.3. The summed E-state index contributed by atoms with van der Waals surface area (Å²) in [5.41, 5.74) is 2.42. The third-order valence-corrected chi connectivity index (χ3v) is 5.55. The minimum Gasteiger partial charge on any atom is -0.456 e. The van der Waals surface area contributed by atoms with E-state index in [9.17, 15) is 9.59 Å². The van der Waals surface area contributed by atoms with Crippen LogP contribution in [0.15, 0.2) is 33.6 Å². The van der Waals surface area contributed by atoms with E-state index in [0.717, 1.165) is 11.1 Å². The number of carbonyl (C=O) groups is 1. The Labute approximate surface area is 176 Å². The largest absolute Gasteiger partial charge is 0.456 e. The summed E-state index contributed by atoms with van der Waals surface area (Å²) in [4.78, 5) is 28.2. The van der Waals surface area contributed by atoms with Gasteiger partial charge in [-0.2, -0.15) is 0 Å². The molecule has 0 amide bonds. The topological polar surface area (TPSA) is 69.4 Å². The van der Waals surface area contributed by atoms with Crippen LogP contribution in [0.3, 0.4) is 0 Å². The minimum absolute atomic E-state index is 0.0214. The van der Waals surface area contributed by atoms with Gasteiger partial charge in [0.15, 0.2) is 5.69 Å². The van der Waals surface area contributed by atoms with Crippen LogP contribution >= 0.6 is 34.8 Å². The SMILES string of the molecule is Cc1cc2oc(=O)cc(COC(=O)c3ncc(Cl)c(Cl)c3Cl)c2cc1C(C)C. The smallest absolute Gasteiger partial charge is 0.358 e. The maximum atomic E-state index is 12.4. The molecule has 146 valence electrons. The maximum absolute atomic E-state index is 12.4. The summed E-state index contributed by atoms with van der Waals surface area (Å²) >= 11 is 17.8. The Balaban J connectivity index is 1.96. The van der Waals surface area contributed by atoms with Gasteiger partial charge in [0.2, 0.25) is 0 Å². The lowest BCUT2D eigenvalue weighted by Crippen LogP contribution is -2.10. The van der Waals surface area contributed by atoms with Gasteiger partial charge in [-0.3, -0.25) is 0 Å². The third-order valence-electron chi connectivity index (χ3n) is 4.31. The molecule has 3 rings (SSSR count). The number of benzene rings is 1. The molecular weight excluding hydrogens is 425 g/mol. The van der Waals surface area contributed by atoms with Gasteiger partial charge in [-0.1, -0.05) is 48.7 Å². The number of halogens is 3. The van der Waals surface area contributed by atoms with Crippen LogP contribution in [-0.2, 0) is 11.3 Å². The Kier molecular flexibility index (Phi) is 5.98. The standard InChI is InChI=1S/C20H16Cl3NO4/c1-9(2)12-6-13-11(5-16(25)28-15(13)4-10(12)3)8-27-20(26)19-18(23)17(22)14(21)7-24-19/h4-7,9H,8H2,1-3H3. The van der Waals surface area contributed by atoms with Crippen LogP contribution < -0.4 is 5.63 Å². The molecule has 0 saturated heterocycles. The highest BCUT2D eigenvalue weighted by Crippen LogP contribution is 2.32. The highest BCUT2D eigenvalue weighted by atomic mass is 35.5. The van der Waals surface area contributed by atoms with E-state index in [1.54, 1.807) is 0 Å². The number of aryl methyl sites for hydroxylation is 1. The van der Waals surface area contributed by atoms with Gasteiger partial charge in [0.1, 0.15) is 12.2 Å². The summed E-state index contributed by atoms with van der Waals surface area (Å²) in [5, 5.41) is 0.767. The molecule has 5 nitrogen and oxygen atoms in total. The molecule has 0 fully saturated rings. The van der Waals surface area contributed by atoms with Crippen LogP contribution in [0.25, 0.3) is 11.0 Å². The first-order valence-corrected chi connectivity index (χ1v) is 9.56. The Morgan fingerprint density at radius 2 is 1.89 bits per heavy atom. The van der Waals surface area contributed by atoms with Gasteiger partial charge in [0.25, 0.3) is 0 Å². The molecule has 0 aliphatic rings. The molecule has 0 atom stereocenters. The average molecular weight is 441 g/mol. The molecule has 1 aromatic carbocycles. The summed E-state index contributed by atoms with van der Waals surface area (Å²) in [5.74, 6) is -0.493. The van der Waals surface area contributed by atoms with E-state index >= 15 is 0 Å². The first kappa shape index (κ1) is 20.6. The summed E-state index contributed by atoms with van der Waals surface area (Å²) < 4.78 is 10.6. The fourth-order valence-electron chi connectivity index (χ4n) is 2.93. The Bertz CT molecular complexity index is 1140. The number of carbonyl (C=O) groups excluding carboxylic acids is 1. The van der Waals surface area contributed by atoms with Crippen LogP contribution in [0.1, 0.15) is 46.9 Å². The number of nitrogens with zero attached hydrogens (tertiary/aromatic N) is 1. The number of fused-ring (bicyclic) bond motifs is 1. The molecule has 0 N–H and O–H groups in total. The van der Waals surface area contributed by atoms with E-state index in [0.29, 0.717) is 16.5 Å². The van der Waals surface area contributed by atoms with Crippen molar-refractivity contribution in [3.05, 3.63) is 72.3 Å². The molecule has 8 heteroatoms. The maximum Gasteiger partial charge on any atom is 0.358 e. The van der Waals surface area contributed by atoms with Crippen molar-refractivity contribution in [2.45, 2.75) is 33.3 Å². The number of aromatic nitrogens is 1. The van der Waals surface area contributed by atoms with E-state index < -0.39 is 11.6 Å². The van der Waals surface area contributed by atoms with E-state index in [1.165, 1.54) is 12.3 Å². The van der Waals surface area contributed by atoms with Crippen molar-refractivity contribution in [3.63, 3.8) is 0 Å². The molecule has 0 radical (unpaired) electrons. The van der Waals surface area contributed by atoms with Crippen LogP contribution in [0.4, 0.5) is 0 Å². The normalized spacial score (nSPS) is 11.2. The number of rotatable bonds is 4. The average Bonchev–Trinajstić information content (AvgIpc) is 2.63. The van der Waals surface area contributed by atoms with E-state index in [4.69, 9.17) is 44.0 Å². The fraction of sp³-hybridized carbons (Fsp3) is 0.250. The van der Waals surface area contributed by atoms with Crippen molar-refractivity contribution in [1.29, 1.82) is 0 Å². The zero-order chi connectivity index (χ0) is 20.6. The van der Waals surface area contributed by atoms with Gasteiger partial charge in [-0.25, -0.2) is 14.6 Å². The molecule has 0 unspecified atom stereocenters. The second-order valence-electron chi connectivity index (χ2n) is 6.61. The van der Waals surface area contributed by atoms with Crippen LogP contribution in [0.5, 0.6) is 0 Å². The quantitative estimate of drug-likeness (QED) is 0.371. The second-order valence-corrected chi connectivity index (χ2v) is 7.77. The van der Waals surface area contributed by atoms with Gasteiger partial charge in [-0.15, -0.1) is 0 Å². The molecule has 0 spiro atoms. The van der Waals surface area contributed by atoms with Crippen molar-refractivity contribution in [1.82, 2.24) is 4.98 Å². The third kappa shape index (κ3) is 4.02. The Morgan fingerprint density at radius 3 is 2.57 bits per heavy atom. The number of hydrogen-bond acceptors (Lipinski definition) is 5. The lowest BCUT2D eigenvalue weighted by Gasteiger charge is -2.13. The number of pyridine rings is 1. The fourth-order valence-corrected chi connectivity index (χ4v) is 3.49. The van der Waals surface area contributed by atoms with Crippen LogP contribution in [0.2, 0.25) is 15.1 Å². The number of esters is 1. The monoisotopic (exact) mass is 439 g/mol. The van der Waals surface area contributed by atoms with Gasteiger partial charge in [-0.05, 0) is 36.1 Å². The predicted molar refractivity (Wildman–Crippen MR) is 110 cm³/mol. The summed E-state index contributed by atoms with van der Waals surface area (Å²) in [6, 6.07) is 5.07. The van der Waals surface area contributed by atoms with Crippen LogP contribution in [-0.4, -0.2) is 11.0 Å². The molecule has 2 heterocycles. The Morgan fingerprint density at radius 1 is 1.18 bits per heavy atom. The molecule has 2 aromatic heterocycles. The number of hydrogen-bond donors (Lipinski definition) is 0. The molecule has 0 aliphatic carbocycles. The lowest BCUT2D eigenvalue weighted by atomic mass is 9.95. The highest BCUT2D eigenvalue weighted by molar-refractivity contribution is 6.48. The summed E-state index contributed by atoms with van der Waals surface area (Å²) in [7, 11) is 0. The van der Waals surface area contributed by atoms with Crippen molar-refractivity contribution in [3.8, 4) is 0 Å². The molecule has 0 bridgehead atoms. The molecule has 3 aromatic rings. The van der Waals surface area contributed by atoms with Crippen molar-refractivity contribution in [2.75, 3.05) is 0 Å². The van der Waals surface area contributed by atoms with E-state index in [1.807, 2.05) is 19.1 Å². The minimum atomic E-state index is -0.777. The van der Waals surface area contributed by atoms with Gasteiger partial charge >= 0.3 is 11.6 Å². The van der Waals surface area contributed by atoms with Crippen molar-refractivity contribution < 1.29 is 13.9 Å². The van der Waals surface area contributed by atoms with Gasteiger partial charge in [0.05, 0.1) is 15.1 Å². The number of ether oxygens (including phenoxy) is 1. The molecule has 28 heavy (non-hydrogen) atoms. The van der Waals surface area contributed by atoms with E-state index in [2.05, 4.69) is 18.8 Å². The van der Waals surface area contributed by atoms with E-state index in [-0.39, 0.29) is 33.3 Å². The zero-order valence-corrected chi connectivity index (χ0v) is 17.6. The Hall–Kier alpha value is -2.08. The predicted octanol–water partition coefficient (Wildman–Crippen LogP) is 5.94. The molecule has 0 saturated carbocycles. The van der Waals surface area contributed by atoms with Crippen molar-refractivity contribution >= 4 is 51.7 Å². The lowest BCUT2D eigenvalue weighted by molar-refractivity contribution is 0.0467. The van der Waals surface area contributed by atoms with Crippen molar-refractivity contribution in [2.24, 2.45) is 0 Å². The first-order valence-electron chi connectivity index (χ1n) is 8.43. The molecular formula is C20H16Cl3NO4.